The summed E-state index contributed by atoms with van der Waals surface area (Å²) in [6, 6.07) is -0.0885. The van der Waals surface area contributed by atoms with E-state index in [1.54, 1.807) is 0 Å². The van der Waals surface area contributed by atoms with Crippen LogP contribution < -0.4 is 21.3 Å². The van der Waals surface area contributed by atoms with Gasteiger partial charge in [0.15, 0.2) is 0 Å². The zero-order chi connectivity index (χ0) is 12.8. The van der Waals surface area contributed by atoms with Gasteiger partial charge in [-0.3, -0.25) is 9.59 Å². The number of carbonyl (C=O) groups is 2. The zero-order valence-electron chi connectivity index (χ0n) is 10.6. The highest BCUT2D eigenvalue weighted by Crippen LogP contribution is 2.05. The molecular weight excluding hydrogens is 232 g/mol. The van der Waals surface area contributed by atoms with Crippen LogP contribution in [-0.4, -0.2) is 50.1 Å². The van der Waals surface area contributed by atoms with Gasteiger partial charge >= 0.3 is 0 Å². The minimum atomic E-state index is -0.0443. The molecule has 2 saturated heterocycles. The summed E-state index contributed by atoms with van der Waals surface area (Å²) in [5, 5.41) is 12.0. The van der Waals surface area contributed by atoms with Gasteiger partial charge in [-0.05, 0) is 38.8 Å². The molecule has 0 saturated carbocycles. The predicted molar refractivity (Wildman–Crippen MR) is 68.1 cm³/mol. The molecule has 4 N–H and O–H groups in total. The van der Waals surface area contributed by atoms with Crippen LogP contribution in [0.2, 0.25) is 0 Å². The van der Waals surface area contributed by atoms with Crippen molar-refractivity contribution in [1.29, 1.82) is 0 Å². The predicted octanol–water partition coefficient (Wildman–Crippen LogP) is -1.28. The Morgan fingerprint density at radius 1 is 0.889 bits per heavy atom. The molecule has 2 heterocycles. The molecule has 0 aromatic rings. The number of nitrogens with one attached hydrogen (secondary N) is 4. The van der Waals surface area contributed by atoms with Crippen LogP contribution >= 0.6 is 0 Å². The fourth-order valence-corrected chi connectivity index (χ4v) is 2.43. The Labute approximate surface area is 107 Å². The molecule has 18 heavy (non-hydrogen) atoms. The molecule has 2 aliphatic rings. The molecular formula is C12H22N4O2. The Hall–Kier alpha value is -1.14. The first-order valence-corrected chi connectivity index (χ1v) is 6.79. The van der Waals surface area contributed by atoms with Crippen molar-refractivity contribution in [3.63, 3.8) is 0 Å². The normalized spacial score (nSPS) is 27.1. The number of carbonyl (C=O) groups excluding carboxylic acids is 2. The molecule has 0 aromatic carbocycles. The van der Waals surface area contributed by atoms with Crippen LogP contribution in [-0.2, 0) is 9.59 Å². The number of hydrogen-bond donors (Lipinski definition) is 4. The Kier molecular flexibility index (Phi) is 4.95. The third-order valence-corrected chi connectivity index (χ3v) is 3.48. The lowest BCUT2D eigenvalue weighted by Gasteiger charge is -2.13. The average Bonchev–Trinajstić information content (AvgIpc) is 3.05. The van der Waals surface area contributed by atoms with Gasteiger partial charge < -0.3 is 21.3 Å². The van der Waals surface area contributed by atoms with E-state index < -0.39 is 0 Å². The quantitative estimate of drug-likeness (QED) is 0.461. The summed E-state index contributed by atoms with van der Waals surface area (Å²) in [5.41, 5.74) is 0. The van der Waals surface area contributed by atoms with Gasteiger partial charge in [0.1, 0.15) is 0 Å². The largest absolute Gasteiger partial charge is 0.353 e. The molecule has 0 radical (unpaired) electrons. The summed E-state index contributed by atoms with van der Waals surface area (Å²) in [6.07, 6.45) is 3.93. The highest BCUT2D eigenvalue weighted by Gasteiger charge is 2.22. The lowest BCUT2D eigenvalue weighted by atomic mass is 10.2. The van der Waals surface area contributed by atoms with E-state index in [9.17, 15) is 9.59 Å². The fourth-order valence-electron chi connectivity index (χ4n) is 2.43. The molecule has 6 nitrogen and oxygen atoms in total. The topological polar surface area (TPSA) is 82.3 Å². The van der Waals surface area contributed by atoms with Crippen LogP contribution in [0.3, 0.4) is 0 Å². The van der Waals surface area contributed by atoms with Crippen LogP contribution in [0.5, 0.6) is 0 Å². The summed E-state index contributed by atoms with van der Waals surface area (Å²) < 4.78 is 0. The molecule has 2 atom stereocenters. The van der Waals surface area contributed by atoms with E-state index in [0.717, 1.165) is 38.8 Å². The molecule has 102 valence electrons. The van der Waals surface area contributed by atoms with Gasteiger partial charge in [0.05, 0.1) is 12.1 Å². The maximum absolute atomic E-state index is 11.6. The first-order valence-electron chi connectivity index (χ1n) is 6.79. The van der Waals surface area contributed by atoms with Gasteiger partial charge in [-0.1, -0.05) is 0 Å². The number of hydrogen-bond acceptors (Lipinski definition) is 4. The molecule has 2 rings (SSSR count). The number of amides is 2. The van der Waals surface area contributed by atoms with Crippen LogP contribution in [0, 0.1) is 0 Å². The van der Waals surface area contributed by atoms with Crippen molar-refractivity contribution in [2.45, 2.75) is 37.8 Å². The van der Waals surface area contributed by atoms with E-state index >= 15 is 0 Å². The molecule has 2 amide bonds. The molecule has 0 bridgehead atoms. The van der Waals surface area contributed by atoms with Gasteiger partial charge in [0, 0.05) is 13.1 Å². The van der Waals surface area contributed by atoms with Crippen molar-refractivity contribution in [1.82, 2.24) is 21.3 Å². The van der Waals surface area contributed by atoms with Crippen molar-refractivity contribution >= 4 is 11.8 Å². The molecule has 2 unspecified atom stereocenters. The minimum Gasteiger partial charge on any atom is -0.353 e. The van der Waals surface area contributed by atoms with E-state index in [2.05, 4.69) is 21.3 Å². The first-order chi connectivity index (χ1) is 8.77. The average molecular weight is 254 g/mol. The lowest BCUT2D eigenvalue weighted by Crippen LogP contribution is -2.46. The van der Waals surface area contributed by atoms with Gasteiger partial charge in [0.25, 0.3) is 0 Å². The summed E-state index contributed by atoms with van der Waals surface area (Å²) in [6.45, 7) is 2.83. The second-order valence-corrected chi connectivity index (χ2v) is 4.88. The zero-order valence-corrected chi connectivity index (χ0v) is 10.6. The summed E-state index contributed by atoms with van der Waals surface area (Å²) in [4.78, 5) is 23.3. The highest BCUT2D eigenvalue weighted by atomic mass is 16.2. The van der Waals surface area contributed by atoms with E-state index in [1.807, 2.05) is 0 Å². The second kappa shape index (κ2) is 6.70. The van der Waals surface area contributed by atoms with E-state index in [0.29, 0.717) is 13.1 Å². The molecule has 2 aliphatic heterocycles. The second-order valence-electron chi connectivity index (χ2n) is 4.88. The fraction of sp³-hybridized carbons (Fsp3) is 0.833. The maximum Gasteiger partial charge on any atom is 0.237 e. The third-order valence-electron chi connectivity index (χ3n) is 3.48. The van der Waals surface area contributed by atoms with Crippen LogP contribution in [0.1, 0.15) is 25.7 Å². The van der Waals surface area contributed by atoms with Gasteiger partial charge in [-0.25, -0.2) is 0 Å². The maximum atomic E-state index is 11.6. The molecule has 0 aliphatic carbocycles. The molecule has 2 fully saturated rings. The van der Waals surface area contributed by atoms with Crippen molar-refractivity contribution in [2.75, 3.05) is 26.2 Å². The number of rotatable bonds is 5. The summed E-state index contributed by atoms with van der Waals surface area (Å²) in [7, 11) is 0. The smallest absolute Gasteiger partial charge is 0.237 e. The molecule has 0 aromatic heterocycles. The monoisotopic (exact) mass is 254 g/mol. The van der Waals surface area contributed by atoms with Crippen molar-refractivity contribution in [3.05, 3.63) is 0 Å². The SMILES string of the molecule is O=C(NCCNC(=O)C1CCCN1)C1CCCN1. The first kappa shape index (κ1) is 13.3. The summed E-state index contributed by atoms with van der Waals surface area (Å²) >= 11 is 0. The third kappa shape index (κ3) is 3.68. The van der Waals surface area contributed by atoms with Crippen molar-refractivity contribution in [2.24, 2.45) is 0 Å². The van der Waals surface area contributed by atoms with Crippen LogP contribution in [0.4, 0.5) is 0 Å². The summed E-state index contributed by atoms with van der Waals surface area (Å²) in [5.74, 6) is 0.0847. The van der Waals surface area contributed by atoms with Gasteiger partial charge in [-0.2, -0.15) is 0 Å². The van der Waals surface area contributed by atoms with Crippen LogP contribution in [0.25, 0.3) is 0 Å². The van der Waals surface area contributed by atoms with Crippen LogP contribution in [0.15, 0.2) is 0 Å². The van der Waals surface area contributed by atoms with E-state index in [-0.39, 0.29) is 23.9 Å². The van der Waals surface area contributed by atoms with Crippen molar-refractivity contribution < 1.29 is 9.59 Å². The van der Waals surface area contributed by atoms with Gasteiger partial charge in [0.2, 0.25) is 11.8 Å². The minimum absolute atomic E-state index is 0.0424. The Morgan fingerprint density at radius 3 is 1.67 bits per heavy atom. The van der Waals surface area contributed by atoms with Crippen molar-refractivity contribution in [3.8, 4) is 0 Å². The molecule has 6 heteroatoms. The standard InChI is InChI=1S/C12H22N4O2/c17-11(9-3-1-5-13-9)15-7-8-16-12(18)10-4-2-6-14-10/h9-10,13-14H,1-8H2,(H,15,17)(H,16,18). The Morgan fingerprint density at radius 2 is 1.33 bits per heavy atom. The van der Waals surface area contributed by atoms with E-state index in [1.165, 1.54) is 0 Å². The lowest BCUT2D eigenvalue weighted by molar-refractivity contribution is -0.124. The highest BCUT2D eigenvalue weighted by molar-refractivity contribution is 5.83. The molecule has 0 spiro atoms. The Bertz CT molecular complexity index is 266. The Balaban J connectivity index is 1.55. The van der Waals surface area contributed by atoms with E-state index in [4.69, 9.17) is 0 Å². The van der Waals surface area contributed by atoms with Gasteiger partial charge in [-0.15, -0.1) is 0 Å².